The molecule has 0 unspecified atom stereocenters. The Balaban J connectivity index is 1.38. The molecule has 0 amide bonds. The Bertz CT molecular complexity index is 1360. The smallest absolute Gasteiger partial charge is 0.252 e. The first-order valence-electron chi connectivity index (χ1n) is 11.3. The molecule has 0 saturated carbocycles. The van der Waals surface area contributed by atoms with Gasteiger partial charge in [0.05, 0.1) is 6.54 Å². The zero-order valence-corrected chi connectivity index (χ0v) is 19.0. The summed E-state index contributed by atoms with van der Waals surface area (Å²) < 4.78 is 1.40. The van der Waals surface area contributed by atoms with E-state index in [1.165, 1.54) is 16.3 Å². The molecular weight excluding hydrogens is 428 g/mol. The van der Waals surface area contributed by atoms with Crippen molar-refractivity contribution < 1.29 is 4.79 Å². The first kappa shape index (κ1) is 21.8. The molecule has 0 atom stereocenters. The molecule has 172 valence electrons. The van der Waals surface area contributed by atoms with Crippen LogP contribution in [0.1, 0.15) is 10.4 Å². The third-order valence-corrected chi connectivity index (χ3v) is 6.11. The number of carbonyl (C=O) groups is 1. The maximum atomic E-state index is 12.7. The Labute approximate surface area is 197 Å². The lowest BCUT2D eigenvalue weighted by molar-refractivity contribution is 0.0972. The molecule has 2 aromatic carbocycles. The van der Waals surface area contributed by atoms with Crippen molar-refractivity contribution in [3.8, 4) is 0 Å². The number of carbonyl (C=O) groups excluding carboxylic acids is 1. The van der Waals surface area contributed by atoms with Crippen LogP contribution in [0.2, 0.25) is 0 Å². The molecule has 1 aliphatic heterocycles. The molecule has 4 aromatic rings. The number of ketones is 1. The molecule has 0 spiro atoms. The van der Waals surface area contributed by atoms with Crippen molar-refractivity contribution in [2.75, 3.05) is 43.4 Å². The fourth-order valence-corrected chi connectivity index (χ4v) is 4.09. The van der Waals surface area contributed by atoms with E-state index in [2.05, 4.69) is 44.3 Å². The summed E-state index contributed by atoms with van der Waals surface area (Å²) >= 11 is 0. The average molecular weight is 455 g/mol. The number of nitrogens with zero attached hydrogens (tertiary/aromatic N) is 5. The maximum absolute atomic E-state index is 12.7. The highest BCUT2D eigenvalue weighted by molar-refractivity contribution is 5.96. The van der Waals surface area contributed by atoms with Gasteiger partial charge in [0.15, 0.2) is 5.78 Å². The highest BCUT2D eigenvalue weighted by atomic mass is 16.1. The summed E-state index contributed by atoms with van der Waals surface area (Å²) in [6, 6.07) is 20.2. The highest BCUT2D eigenvalue weighted by Gasteiger charge is 2.15. The number of pyridine rings is 1. The molecule has 1 fully saturated rings. The van der Waals surface area contributed by atoms with E-state index in [1.807, 2.05) is 18.2 Å². The van der Waals surface area contributed by atoms with Crippen LogP contribution in [-0.4, -0.2) is 58.4 Å². The third kappa shape index (κ3) is 4.67. The number of hydrogen-bond acceptors (Lipinski definition) is 7. The van der Waals surface area contributed by atoms with Crippen LogP contribution in [0.5, 0.6) is 0 Å². The van der Waals surface area contributed by atoms with Gasteiger partial charge in [0.2, 0.25) is 5.95 Å². The number of likely N-dealkylation sites (N-methyl/N-ethyl adjacent to an activating group) is 1. The van der Waals surface area contributed by atoms with Crippen LogP contribution in [0, 0.1) is 0 Å². The third-order valence-electron chi connectivity index (χ3n) is 6.11. The van der Waals surface area contributed by atoms with Crippen LogP contribution in [0.15, 0.2) is 77.7 Å². The number of benzene rings is 2. The molecule has 1 N–H and O–H groups in total. The van der Waals surface area contributed by atoms with Crippen molar-refractivity contribution >= 4 is 34.1 Å². The Kier molecular flexibility index (Phi) is 6.05. The van der Waals surface area contributed by atoms with E-state index in [0.717, 1.165) is 31.9 Å². The van der Waals surface area contributed by atoms with Crippen LogP contribution >= 0.6 is 0 Å². The van der Waals surface area contributed by atoms with Gasteiger partial charge in [-0.25, -0.2) is 4.98 Å². The number of hydrogen-bond donors (Lipinski definition) is 1. The van der Waals surface area contributed by atoms with Crippen molar-refractivity contribution in [1.82, 2.24) is 19.4 Å². The summed E-state index contributed by atoms with van der Waals surface area (Å²) in [6.45, 7) is 4.04. The lowest BCUT2D eigenvalue weighted by atomic mass is 10.1. The number of rotatable bonds is 6. The second-order valence-corrected chi connectivity index (χ2v) is 8.48. The first-order valence-corrected chi connectivity index (χ1v) is 11.3. The van der Waals surface area contributed by atoms with E-state index in [1.54, 1.807) is 36.5 Å². The van der Waals surface area contributed by atoms with Gasteiger partial charge in [-0.1, -0.05) is 30.3 Å². The van der Waals surface area contributed by atoms with Crippen LogP contribution in [0.3, 0.4) is 0 Å². The van der Waals surface area contributed by atoms with E-state index in [9.17, 15) is 9.59 Å². The fraction of sp³-hybridized carbons (Fsp3) is 0.231. The molecule has 5 rings (SSSR count). The molecule has 8 heteroatoms. The second-order valence-electron chi connectivity index (χ2n) is 8.48. The summed E-state index contributed by atoms with van der Waals surface area (Å²) in [5.74, 6) is 0.217. The standard InChI is InChI=1S/C26H26N6O2/c1-30-13-15-31(16-14-30)22-10-8-21(9-11-22)28-26-27-17-20-7-12-24(34)32(25(20)29-26)18-23(33)19-5-3-2-4-6-19/h2-12,17H,13-16,18H2,1H3,(H,27,28,29). The van der Waals surface area contributed by atoms with E-state index in [4.69, 9.17) is 0 Å². The Hall–Kier alpha value is -4.04. The van der Waals surface area contributed by atoms with Crippen molar-refractivity contribution in [2.24, 2.45) is 0 Å². The van der Waals surface area contributed by atoms with Gasteiger partial charge in [0.1, 0.15) is 5.65 Å². The molecule has 8 nitrogen and oxygen atoms in total. The summed E-state index contributed by atoms with van der Waals surface area (Å²) in [5.41, 5.74) is 2.73. The Morgan fingerprint density at radius 3 is 2.41 bits per heavy atom. The largest absolute Gasteiger partial charge is 0.369 e. The minimum absolute atomic E-state index is 0.0869. The predicted molar refractivity (Wildman–Crippen MR) is 134 cm³/mol. The van der Waals surface area contributed by atoms with Gasteiger partial charge in [-0.2, -0.15) is 4.98 Å². The molecule has 2 aromatic heterocycles. The van der Waals surface area contributed by atoms with Gasteiger partial charge >= 0.3 is 0 Å². The number of piperazine rings is 1. The van der Waals surface area contributed by atoms with Crippen molar-refractivity contribution in [1.29, 1.82) is 0 Å². The Morgan fingerprint density at radius 1 is 0.941 bits per heavy atom. The zero-order chi connectivity index (χ0) is 23.5. The fourth-order valence-electron chi connectivity index (χ4n) is 4.09. The van der Waals surface area contributed by atoms with Crippen molar-refractivity contribution in [2.45, 2.75) is 6.54 Å². The van der Waals surface area contributed by atoms with Gasteiger partial charge < -0.3 is 15.1 Å². The quantitative estimate of drug-likeness (QED) is 0.448. The van der Waals surface area contributed by atoms with Gasteiger partial charge in [0, 0.05) is 60.8 Å². The normalized spacial score (nSPS) is 14.3. The van der Waals surface area contributed by atoms with Gasteiger partial charge in [-0.05, 0) is 37.4 Å². The number of nitrogens with one attached hydrogen (secondary N) is 1. The monoisotopic (exact) mass is 454 g/mol. The second kappa shape index (κ2) is 9.44. The molecule has 0 bridgehead atoms. The van der Waals surface area contributed by atoms with Gasteiger partial charge in [-0.15, -0.1) is 0 Å². The minimum Gasteiger partial charge on any atom is -0.369 e. The van der Waals surface area contributed by atoms with Gasteiger partial charge in [0.25, 0.3) is 5.56 Å². The SMILES string of the molecule is CN1CCN(c2ccc(Nc3ncc4ccc(=O)n(CC(=O)c5ccccc5)c4n3)cc2)CC1. The van der Waals surface area contributed by atoms with E-state index in [0.29, 0.717) is 22.5 Å². The average Bonchev–Trinajstić information content (AvgIpc) is 2.87. The number of Topliss-reactive ketones (excluding diaryl/α,β-unsaturated/α-hetero) is 1. The predicted octanol–water partition coefficient (Wildman–Crippen LogP) is 3.17. The minimum atomic E-state index is -0.280. The first-order chi connectivity index (χ1) is 16.6. The van der Waals surface area contributed by atoms with Crippen molar-refractivity contribution in [3.05, 3.63) is 88.8 Å². The van der Waals surface area contributed by atoms with Crippen LogP contribution < -0.4 is 15.8 Å². The van der Waals surface area contributed by atoms with Crippen LogP contribution in [0.25, 0.3) is 11.0 Å². The van der Waals surface area contributed by atoms with E-state index >= 15 is 0 Å². The number of fused-ring (bicyclic) bond motifs is 1. The molecule has 0 radical (unpaired) electrons. The van der Waals surface area contributed by atoms with Crippen molar-refractivity contribution in [3.63, 3.8) is 0 Å². The molecule has 1 saturated heterocycles. The molecular formula is C26H26N6O2. The topological polar surface area (TPSA) is 83.4 Å². The summed E-state index contributed by atoms with van der Waals surface area (Å²) in [4.78, 5) is 39.0. The summed E-state index contributed by atoms with van der Waals surface area (Å²) in [7, 11) is 2.14. The zero-order valence-electron chi connectivity index (χ0n) is 19.0. The molecule has 1 aliphatic rings. The maximum Gasteiger partial charge on any atom is 0.252 e. The lowest BCUT2D eigenvalue weighted by Crippen LogP contribution is -2.44. The van der Waals surface area contributed by atoms with Gasteiger partial charge in [-0.3, -0.25) is 14.2 Å². The van der Waals surface area contributed by atoms with Crippen LogP contribution in [-0.2, 0) is 6.54 Å². The van der Waals surface area contributed by atoms with E-state index in [-0.39, 0.29) is 17.9 Å². The van der Waals surface area contributed by atoms with Crippen LogP contribution in [0.4, 0.5) is 17.3 Å². The lowest BCUT2D eigenvalue weighted by Gasteiger charge is -2.34. The number of aromatic nitrogens is 3. The summed E-state index contributed by atoms with van der Waals surface area (Å²) in [6.07, 6.45) is 1.66. The molecule has 3 heterocycles. The number of anilines is 3. The summed E-state index contributed by atoms with van der Waals surface area (Å²) in [5, 5.41) is 3.91. The highest BCUT2D eigenvalue weighted by Crippen LogP contribution is 2.21. The Morgan fingerprint density at radius 2 is 1.68 bits per heavy atom. The van der Waals surface area contributed by atoms with E-state index < -0.39 is 0 Å². The molecule has 0 aliphatic carbocycles. The molecule has 34 heavy (non-hydrogen) atoms.